The molecule has 4 heteroatoms. The maximum Gasteiger partial charge on any atom is 0.142 e. The predicted molar refractivity (Wildman–Crippen MR) is 73.5 cm³/mol. The lowest BCUT2D eigenvalue weighted by molar-refractivity contribution is -0.121. The molecular formula is C14H11BrClFO. The van der Waals surface area contributed by atoms with Crippen LogP contribution < -0.4 is 0 Å². The van der Waals surface area contributed by atoms with E-state index in [1.165, 1.54) is 6.07 Å². The number of allylic oxidation sites excluding steroid dienone is 1. The molecule has 0 aromatic heterocycles. The van der Waals surface area contributed by atoms with Gasteiger partial charge in [-0.1, -0.05) is 33.6 Å². The lowest BCUT2D eigenvalue weighted by Crippen LogP contribution is -2.30. The molecule has 1 fully saturated rings. The lowest BCUT2D eigenvalue weighted by Gasteiger charge is -2.35. The zero-order valence-corrected chi connectivity index (χ0v) is 11.9. The summed E-state index contributed by atoms with van der Waals surface area (Å²) in [7, 11) is 0. The van der Waals surface area contributed by atoms with E-state index in [2.05, 4.69) is 15.9 Å². The summed E-state index contributed by atoms with van der Waals surface area (Å²) in [5.74, 6) is -0.0847. The van der Waals surface area contributed by atoms with Crippen molar-refractivity contribution >= 4 is 39.4 Å². The van der Waals surface area contributed by atoms with Crippen LogP contribution in [0.5, 0.6) is 0 Å². The number of fused-ring (bicyclic) bond motifs is 2. The van der Waals surface area contributed by atoms with Crippen molar-refractivity contribution in [3.63, 3.8) is 0 Å². The van der Waals surface area contributed by atoms with E-state index < -0.39 is 5.82 Å². The number of hydrogen-bond donors (Lipinski definition) is 0. The van der Waals surface area contributed by atoms with Crippen LogP contribution in [0.4, 0.5) is 4.39 Å². The molecular weight excluding hydrogens is 319 g/mol. The number of carbonyl (C=O) groups excluding carboxylic acids is 1. The highest BCUT2D eigenvalue weighted by Gasteiger charge is 2.43. The molecule has 0 radical (unpaired) electrons. The Balaban J connectivity index is 2.14. The maximum atomic E-state index is 13.5. The van der Waals surface area contributed by atoms with Gasteiger partial charge in [0.15, 0.2) is 0 Å². The summed E-state index contributed by atoms with van der Waals surface area (Å²) in [5.41, 5.74) is 1.65. The molecule has 0 bridgehead atoms. The number of Topliss-reactive ketones (excluding diaryl/α,β-unsaturated/α-hetero) is 1. The molecule has 0 aliphatic heterocycles. The highest BCUT2D eigenvalue weighted by atomic mass is 79.9. The van der Waals surface area contributed by atoms with Crippen LogP contribution in [0.15, 0.2) is 16.6 Å². The summed E-state index contributed by atoms with van der Waals surface area (Å²) in [6.45, 7) is 0. The molecule has 2 aliphatic rings. The van der Waals surface area contributed by atoms with Gasteiger partial charge in [0, 0.05) is 28.3 Å². The first kappa shape index (κ1) is 12.4. The quantitative estimate of drug-likeness (QED) is 0.679. The fourth-order valence-corrected chi connectivity index (χ4v) is 4.04. The summed E-state index contributed by atoms with van der Waals surface area (Å²) >= 11 is 9.61. The van der Waals surface area contributed by atoms with Gasteiger partial charge in [0.2, 0.25) is 0 Å². The van der Waals surface area contributed by atoms with E-state index in [1.807, 2.05) is 6.08 Å². The molecule has 1 saturated carbocycles. The number of rotatable bonds is 0. The number of benzene rings is 1. The molecule has 0 atom stereocenters. The summed E-state index contributed by atoms with van der Waals surface area (Å²) < 4.78 is 14.5. The van der Waals surface area contributed by atoms with Gasteiger partial charge in [-0.3, -0.25) is 4.79 Å². The van der Waals surface area contributed by atoms with Gasteiger partial charge < -0.3 is 0 Å². The topological polar surface area (TPSA) is 17.1 Å². The third-order valence-electron chi connectivity index (χ3n) is 4.04. The molecule has 18 heavy (non-hydrogen) atoms. The average molecular weight is 330 g/mol. The van der Waals surface area contributed by atoms with Crippen molar-refractivity contribution in [2.75, 3.05) is 0 Å². The van der Waals surface area contributed by atoms with Crippen LogP contribution in [0.3, 0.4) is 0 Å². The van der Waals surface area contributed by atoms with Crippen LogP contribution >= 0.6 is 27.5 Å². The normalized spacial score (nSPS) is 21.1. The van der Waals surface area contributed by atoms with Crippen molar-refractivity contribution in [3.05, 3.63) is 38.6 Å². The van der Waals surface area contributed by atoms with Crippen LogP contribution in [0.2, 0.25) is 5.02 Å². The highest BCUT2D eigenvalue weighted by molar-refractivity contribution is 9.11. The molecule has 0 heterocycles. The van der Waals surface area contributed by atoms with E-state index in [4.69, 9.17) is 11.6 Å². The van der Waals surface area contributed by atoms with Gasteiger partial charge in [-0.15, -0.1) is 0 Å². The molecule has 0 N–H and O–H groups in total. The van der Waals surface area contributed by atoms with Crippen LogP contribution in [-0.4, -0.2) is 5.78 Å². The zero-order valence-electron chi connectivity index (χ0n) is 9.60. The van der Waals surface area contributed by atoms with Gasteiger partial charge in [-0.05, 0) is 30.5 Å². The number of carbonyl (C=O) groups is 1. The van der Waals surface area contributed by atoms with Gasteiger partial charge in [0.25, 0.3) is 0 Å². The van der Waals surface area contributed by atoms with Gasteiger partial charge in [0.1, 0.15) is 11.6 Å². The maximum absolute atomic E-state index is 13.5. The predicted octanol–water partition coefficient (Wildman–Crippen LogP) is 4.61. The fourth-order valence-electron chi connectivity index (χ4n) is 2.98. The van der Waals surface area contributed by atoms with Crippen LogP contribution in [0, 0.1) is 5.82 Å². The molecule has 2 aliphatic carbocycles. The first-order chi connectivity index (χ1) is 8.54. The standard InChI is InChI=1S/C14H11BrClFO/c15-12-7-9-10(1-2-11(17)13(9)16)14(12)5-3-8(18)4-6-14/h1-2,7H,3-6H2. The monoisotopic (exact) mass is 328 g/mol. The zero-order chi connectivity index (χ0) is 12.9. The van der Waals surface area contributed by atoms with Crippen LogP contribution in [0.25, 0.3) is 6.08 Å². The van der Waals surface area contributed by atoms with E-state index in [-0.39, 0.29) is 10.4 Å². The Morgan fingerprint density at radius 2 is 1.94 bits per heavy atom. The molecule has 0 unspecified atom stereocenters. The Bertz CT molecular complexity index is 569. The molecule has 0 saturated heterocycles. The smallest absolute Gasteiger partial charge is 0.142 e. The Morgan fingerprint density at radius 1 is 1.28 bits per heavy atom. The van der Waals surface area contributed by atoms with E-state index >= 15 is 0 Å². The number of hydrogen-bond acceptors (Lipinski definition) is 1. The van der Waals surface area contributed by atoms with Crippen molar-refractivity contribution in [2.45, 2.75) is 31.1 Å². The van der Waals surface area contributed by atoms with E-state index in [0.29, 0.717) is 18.6 Å². The second-order valence-electron chi connectivity index (χ2n) is 4.94. The molecule has 0 amide bonds. The number of halogens is 3. The first-order valence-corrected chi connectivity index (χ1v) is 7.09. The molecule has 1 aromatic rings. The van der Waals surface area contributed by atoms with Crippen molar-refractivity contribution in [1.29, 1.82) is 0 Å². The van der Waals surface area contributed by atoms with E-state index in [1.54, 1.807) is 6.07 Å². The second kappa shape index (κ2) is 4.17. The molecule has 1 aromatic carbocycles. The van der Waals surface area contributed by atoms with Crippen molar-refractivity contribution in [3.8, 4) is 0 Å². The van der Waals surface area contributed by atoms with Gasteiger partial charge in [-0.25, -0.2) is 4.39 Å². The molecule has 94 valence electrons. The Hall–Kier alpha value is -0.670. The van der Waals surface area contributed by atoms with Crippen molar-refractivity contribution < 1.29 is 9.18 Å². The summed E-state index contributed by atoms with van der Waals surface area (Å²) in [6.07, 6.45) is 4.61. The summed E-state index contributed by atoms with van der Waals surface area (Å²) in [4.78, 5) is 11.4. The third-order valence-corrected chi connectivity index (χ3v) is 5.41. The van der Waals surface area contributed by atoms with Gasteiger partial charge in [-0.2, -0.15) is 0 Å². The molecule has 1 spiro atoms. The average Bonchev–Trinajstić information content (AvgIpc) is 2.63. The van der Waals surface area contributed by atoms with E-state index in [0.717, 1.165) is 28.5 Å². The van der Waals surface area contributed by atoms with E-state index in [9.17, 15) is 9.18 Å². The number of ketones is 1. The second-order valence-corrected chi connectivity index (χ2v) is 6.17. The SMILES string of the molecule is O=C1CCC2(CC1)C(Br)=Cc1c2ccc(F)c1Cl. The Labute approximate surface area is 118 Å². The van der Waals surface area contributed by atoms with Crippen molar-refractivity contribution in [1.82, 2.24) is 0 Å². The fraction of sp³-hybridized carbons (Fsp3) is 0.357. The van der Waals surface area contributed by atoms with Crippen LogP contribution in [-0.2, 0) is 10.2 Å². The first-order valence-electron chi connectivity index (χ1n) is 5.92. The Kier molecular flexibility index (Phi) is 2.87. The van der Waals surface area contributed by atoms with Crippen molar-refractivity contribution in [2.24, 2.45) is 0 Å². The van der Waals surface area contributed by atoms with Crippen LogP contribution in [0.1, 0.15) is 36.8 Å². The van der Waals surface area contributed by atoms with Gasteiger partial charge in [0.05, 0.1) is 5.02 Å². The minimum absolute atomic E-state index is 0.166. The highest BCUT2D eigenvalue weighted by Crippen LogP contribution is 2.54. The summed E-state index contributed by atoms with van der Waals surface area (Å²) in [6, 6.07) is 3.22. The minimum Gasteiger partial charge on any atom is -0.300 e. The summed E-state index contributed by atoms with van der Waals surface area (Å²) in [5, 5.41) is 0.179. The molecule has 1 nitrogen and oxygen atoms in total. The third kappa shape index (κ3) is 1.60. The largest absolute Gasteiger partial charge is 0.300 e. The Morgan fingerprint density at radius 3 is 2.61 bits per heavy atom. The van der Waals surface area contributed by atoms with Gasteiger partial charge >= 0.3 is 0 Å². The molecule has 3 rings (SSSR count). The minimum atomic E-state index is -0.393. The lowest BCUT2D eigenvalue weighted by atomic mass is 9.70.